The molecule has 0 aliphatic carbocycles. The summed E-state index contributed by atoms with van der Waals surface area (Å²) in [6.45, 7) is 3.29. The third-order valence-electron chi connectivity index (χ3n) is 2.60. The van der Waals surface area contributed by atoms with E-state index in [2.05, 4.69) is 4.98 Å². The van der Waals surface area contributed by atoms with E-state index in [9.17, 15) is 0 Å². The molecule has 0 aliphatic rings. The van der Waals surface area contributed by atoms with Gasteiger partial charge in [0.05, 0.1) is 12.8 Å². The largest absolute Gasteiger partial charge is 0.494 e. The number of nitrogens with zero attached hydrogens (tertiary/aromatic N) is 1. The van der Waals surface area contributed by atoms with Crippen molar-refractivity contribution in [2.24, 2.45) is 5.73 Å². The molecule has 4 nitrogen and oxygen atoms in total. The summed E-state index contributed by atoms with van der Waals surface area (Å²) in [5, 5.41) is 0. The molecule has 2 rings (SSSR count). The van der Waals surface area contributed by atoms with E-state index in [4.69, 9.17) is 14.9 Å². The molecule has 0 aliphatic heterocycles. The summed E-state index contributed by atoms with van der Waals surface area (Å²) < 4.78 is 11.1. The summed E-state index contributed by atoms with van der Waals surface area (Å²) in [7, 11) is 0. The number of benzene rings is 1. The summed E-state index contributed by atoms with van der Waals surface area (Å²) in [5.41, 5.74) is 6.46. The molecule has 0 spiro atoms. The number of hydrogen-bond acceptors (Lipinski definition) is 4. The minimum atomic E-state index is 0.654. The molecule has 1 aromatic heterocycles. The molecule has 1 heterocycles. The van der Waals surface area contributed by atoms with Gasteiger partial charge in [-0.2, -0.15) is 0 Å². The first-order valence-corrected chi connectivity index (χ1v) is 6.21. The summed E-state index contributed by atoms with van der Waals surface area (Å²) in [5.74, 6) is 2.39. The Morgan fingerprint density at radius 2 is 2.06 bits per heavy atom. The minimum absolute atomic E-state index is 0.654. The predicted molar refractivity (Wildman–Crippen MR) is 70.5 cm³/mol. The molecule has 0 fully saturated rings. The van der Waals surface area contributed by atoms with Gasteiger partial charge in [0.25, 0.3) is 0 Å². The van der Waals surface area contributed by atoms with Crippen LogP contribution in [0.15, 0.2) is 34.9 Å². The molecular weight excluding hydrogens is 228 g/mol. The number of aryl methyl sites for hydroxylation is 1. The van der Waals surface area contributed by atoms with Crippen molar-refractivity contribution in [1.82, 2.24) is 4.98 Å². The zero-order valence-corrected chi connectivity index (χ0v) is 10.6. The maximum atomic E-state index is 5.66. The normalized spacial score (nSPS) is 10.6. The van der Waals surface area contributed by atoms with E-state index in [0.717, 1.165) is 35.8 Å². The smallest absolute Gasteiger partial charge is 0.194 e. The van der Waals surface area contributed by atoms with Gasteiger partial charge in [0.15, 0.2) is 11.7 Å². The number of rotatable bonds is 6. The van der Waals surface area contributed by atoms with Crippen molar-refractivity contribution in [3.8, 4) is 17.1 Å². The third kappa shape index (κ3) is 3.11. The van der Waals surface area contributed by atoms with E-state index >= 15 is 0 Å². The Kier molecular flexibility index (Phi) is 4.36. The first-order valence-electron chi connectivity index (χ1n) is 6.21. The van der Waals surface area contributed by atoms with Crippen molar-refractivity contribution in [1.29, 1.82) is 0 Å². The lowest BCUT2D eigenvalue weighted by Crippen LogP contribution is -2.00. The molecule has 2 N–H and O–H groups in total. The van der Waals surface area contributed by atoms with Crippen molar-refractivity contribution in [2.75, 3.05) is 13.2 Å². The van der Waals surface area contributed by atoms with E-state index in [1.54, 1.807) is 6.20 Å². The maximum Gasteiger partial charge on any atom is 0.194 e. The van der Waals surface area contributed by atoms with E-state index in [0.29, 0.717) is 13.2 Å². The SMILES string of the molecule is CCOc1ccc(-c2cnc(CCCN)o2)cc1. The van der Waals surface area contributed by atoms with Crippen molar-refractivity contribution in [2.45, 2.75) is 19.8 Å². The second kappa shape index (κ2) is 6.21. The summed E-state index contributed by atoms with van der Waals surface area (Å²) >= 11 is 0. The molecule has 0 bridgehead atoms. The monoisotopic (exact) mass is 246 g/mol. The number of oxazole rings is 1. The van der Waals surface area contributed by atoms with Gasteiger partial charge in [-0.25, -0.2) is 4.98 Å². The lowest BCUT2D eigenvalue weighted by molar-refractivity contribution is 0.340. The molecule has 0 radical (unpaired) electrons. The Balaban J connectivity index is 2.08. The Morgan fingerprint density at radius 3 is 2.72 bits per heavy atom. The molecular formula is C14H18N2O2. The average Bonchev–Trinajstić information content (AvgIpc) is 2.86. The van der Waals surface area contributed by atoms with Crippen LogP contribution in [0.3, 0.4) is 0 Å². The van der Waals surface area contributed by atoms with Crippen LogP contribution in [0, 0.1) is 0 Å². The van der Waals surface area contributed by atoms with Crippen LogP contribution >= 0.6 is 0 Å². The van der Waals surface area contributed by atoms with Crippen molar-refractivity contribution in [3.63, 3.8) is 0 Å². The van der Waals surface area contributed by atoms with Crippen LogP contribution in [0.5, 0.6) is 5.75 Å². The van der Waals surface area contributed by atoms with Crippen molar-refractivity contribution in [3.05, 3.63) is 36.4 Å². The van der Waals surface area contributed by atoms with E-state index < -0.39 is 0 Å². The second-order valence-electron chi connectivity index (χ2n) is 3.97. The highest BCUT2D eigenvalue weighted by Gasteiger charge is 2.06. The first-order chi connectivity index (χ1) is 8.83. The number of hydrogen-bond donors (Lipinski definition) is 1. The van der Waals surface area contributed by atoms with Crippen LogP contribution < -0.4 is 10.5 Å². The van der Waals surface area contributed by atoms with Gasteiger partial charge < -0.3 is 14.9 Å². The zero-order chi connectivity index (χ0) is 12.8. The van der Waals surface area contributed by atoms with E-state index in [1.807, 2.05) is 31.2 Å². The lowest BCUT2D eigenvalue weighted by Gasteiger charge is -2.02. The standard InChI is InChI=1S/C14H18N2O2/c1-2-17-12-7-5-11(6-8-12)13-10-16-14(18-13)4-3-9-15/h5-8,10H,2-4,9,15H2,1H3. The molecule has 0 atom stereocenters. The highest BCUT2D eigenvalue weighted by molar-refractivity contribution is 5.57. The Hall–Kier alpha value is -1.81. The summed E-state index contributed by atoms with van der Waals surface area (Å²) in [4.78, 5) is 4.24. The van der Waals surface area contributed by atoms with Crippen LogP contribution in [0.2, 0.25) is 0 Å². The maximum absolute atomic E-state index is 5.66. The van der Waals surface area contributed by atoms with Crippen LogP contribution in [0.4, 0.5) is 0 Å². The van der Waals surface area contributed by atoms with Gasteiger partial charge in [0.1, 0.15) is 5.75 Å². The van der Waals surface area contributed by atoms with Gasteiger partial charge in [-0.15, -0.1) is 0 Å². The van der Waals surface area contributed by atoms with E-state index in [1.165, 1.54) is 0 Å². The quantitative estimate of drug-likeness (QED) is 0.851. The molecule has 18 heavy (non-hydrogen) atoms. The Bertz CT molecular complexity index is 477. The molecule has 0 unspecified atom stereocenters. The minimum Gasteiger partial charge on any atom is -0.494 e. The molecule has 2 aromatic rings. The fourth-order valence-corrected chi connectivity index (χ4v) is 1.69. The van der Waals surface area contributed by atoms with Gasteiger partial charge in [-0.3, -0.25) is 0 Å². The molecule has 0 amide bonds. The predicted octanol–water partition coefficient (Wildman–Crippen LogP) is 2.63. The van der Waals surface area contributed by atoms with Crippen LogP contribution in [-0.2, 0) is 6.42 Å². The number of aromatic nitrogens is 1. The molecule has 1 aromatic carbocycles. The summed E-state index contributed by atoms with van der Waals surface area (Å²) in [6, 6.07) is 7.80. The van der Waals surface area contributed by atoms with Crippen LogP contribution in [-0.4, -0.2) is 18.1 Å². The molecule has 0 saturated heterocycles. The second-order valence-corrected chi connectivity index (χ2v) is 3.97. The fourth-order valence-electron chi connectivity index (χ4n) is 1.69. The van der Waals surface area contributed by atoms with Crippen molar-refractivity contribution >= 4 is 0 Å². The fraction of sp³-hybridized carbons (Fsp3) is 0.357. The molecule has 4 heteroatoms. The van der Waals surface area contributed by atoms with Crippen LogP contribution in [0.25, 0.3) is 11.3 Å². The van der Waals surface area contributed by atoms with Crippen molar-refractivity contribution < 1.29 is 9.15 Å². The summed E-state index contributed by atoms with van der Waals surface area (Å²) in [6.07, 6.45) is 3.43. The highest BCUT2D eigenvalue weighted by atomic mass is 16.5. The van der Waals surface area contributed by atoms with Gasteiger partial charge >= 0.3 is 0 Å². The lowest BCUT2D eigenvalue weighted by atomic mass is 10.2. The molecule has 96 valence electrons. The molecule has 0 saturated carbocycles. The topological polar surface area (TPSA) is 61.3 Å². The zero-order valence-electron chi connectivity index (χ0n) is 10.6. The van der Waals surface area contributed by atoms with Gasteiger partial charge in [0, 0.05) is 12.0 Å². The van der Waals surface area contributed by atoms with Gasteiger partial charge in [-0.1, -0.05) is 0 Å². The number of nitrogens with two attached hydrogens (primary N) is 1. The van der Waals surface area contributed by atoms with Crippen LogP contribution in [0.1, 0.15) is 19.2 Å². The van der Waals surface area contributed by atoms with Gasteiger partial charge in [-0.05, 0) is 44.2 Å². The van der Waals surface area contributed by atoms with Gasteiger partial charge in [0.2, 0.25) is 0 Å². The average molecular weight is 246 g/mol. The number of ether oxygens (including phenoxy) is 1. The third-order valence-corrected chi connectivity index (χ3v) is 2.60. The highest BCUT2D eigenvalue weighted by Crippen LogP contribution is 2.23. The first kappa shape index (κ1) is 12.6. The van der Waals surface area contributed by atoms with E-state index in [-0.39, 0.29) is 0 Å². The Labute approximate surface area is 107 Å². The Morgan fingerprint density at radius 1 is 1.28 bits per heavy atom.